The van der Waals surface area contributed by atoms with E-state index in [4.69, 9.17) is 16.3 Å². The van der Waals surface area contributed by atoms with Crippen LogP contribution in [0.25, 0.3) is 0 Å². The molecule has 1 fully saturated rings. The molecule has 1 saturated carbocycles. The van der Waals surface area contributed by atoms with Gasteiger partial charge in [0.1, 0.15) is 0 Å². The number of nitrogens with zero attached hydrogens (tertiary/aromatic N) is 1. The van der Waals surface area contributed by atoms with Crippen LogP contribution in [0.1, 0.15) is 31.7 Å². The Morgan fingerprint density at radius 3 is 2.62 bits per heavy atom. The van der Waals surface area contributed by atoms with Gasteiger partial charge in [-0.1, -0.05) is 20.9 Å². The van der Waals surface area contributed by atoms with Crippen molar-refractivity contribution in [3.63, 3.8) is 0 Å². The van der Waals surface area contributed by atoms with Crippen LogP contribution in [0.4, 0.5) is 0 Å². The zero-order chi connectivity index (χ0) is 15.7. The lowest BCUT2D eigenvalue weighted by Gasteiger charge is -2.43. The molecular formula is C14H23N5S2. The standard InChI is InChI=1S/C14H23N5S2/c1-10(21(17,20)13(16)18-2)12(15)14(6-4-7-14)11-5-3-8-19-9-11/h3,5,8-9,15,18,20H,4,6-7,16-17H2,1-2H3. The quantitative estimate of drug-likeness (QED) is 0.252. The zero-order valence-electron chi connectivity index (χ0n) is 12.4. The summed E-state index contributed by atoms with van der Waals surface area (Å²) in [4.78, 5) is 4.95. The van der Waals surface area contributed by atoms with Crippen molar-refractivity contribution in [3.8, 4) is 0 Å². The Morgan fingerprint density at radius 2 is 2.19 bits per heavy atom. The summed E-state index contributed by atoms with van der Waals surface area (Å²) in [5.74, 6) is 0. The maximum Gasteiger partial charge on any atom is 0.0973 e. The van der Waals surface area contributed by atoms with Crippen LogP contribution in [0.15, 0.2) is 24.5 Å². The first-order chi connectivity index (χ1) is 9.86. The summed E-state index contributed by atoms with van der Waals surface area (Å²) in [6.45, 7) is 1.87. The van der Waals surface area contributed by atoms with Crippen LogP contribution in [-0.4, -0.2) is 27.7 Å². The molecule has 0 aromatic carbocycles. The summed E-state index contributed by atoms with van der Waals surface area (Å²) in [6, 6.07) is 3.94. The number of aromatic nitrogens is 1. The Labute approximate surface area is 131 Å². The van der Waals surface area contributed by atoms with Gasteiger partial charge in [0.25, 0.3) is 0 Å². The maximum atomic E-state index is 8.69. The minimum Gasteiger partial charge on any atom is -0.304 e. The van der Waals surface area contributed by atoms with E-state index in [9.17, 15) is 0 Å². The highest BCUT2D eigenvalue weighted by molar-refractivity contribution is 8.84. The molecule has 7 heteroatoms. The molecule has 0 aliphatic heterocycles. The van der Waals surface area contributed by atoms with Gasteiger partial charge < -0.3 is 5.41 Å². The van der Waals surface area contributed by atoms with Gasteiger partial charge in [-0.15, -0.1) is 11.7 Å². The van der Waals surface area contributed by atoms with Crippen molar-refractivity contribution in [2.24, 2.45) is 10.9 Å². The van der Waals surface area contributed by atoms with Crippen molar-refractivity contribution in [2.75, 3.05) is 7.05 Å². The van der Waals surface area contributed by atoms with Crippen molar-refractivity contribution in [1.29, 1.82) is 5.41 Å². The third-order valence-electron chi connectivity index (χ3n) is 4.30. The number of pyridine rings is 1. The van der Waals surface area contributed by atoms with Gasteiger partial charge in [0.15, 0.2) is 0 Å². The predicted octanol–water partition coefficient (Wildman–Crippen LogP) is 1.50. The van der Waals surface area contributed by atoms with Crippen LogP contribution in [0, 0.1) is 5.41 Å². The fourth-order valence-electron chi connectivity index (χ4n) is 2.67. The molecule has 0 radical (unpaired) electrons. The van der Waals surface area contributed by atoms with Crippen molar-refractivity contribution < 1.29 is 0 Å². The van der Waals surface area contributed by atoms with Gasteiger partial charge in [-0.25, -0.2) is 0 Å². The van der Waals surface area contributed by atoms with E-state index in [-0.39, 0.29) is 5.41 Å². The van der Waals surface area contributed by atoms with E-state index in [0.29, 0.717) is 10.8 Å². The fourth-order valence-corrected chi connectivity index (χ4v) is 4.37. The van der Waals surface area contributed by atoms with E-state index in [1.807, 2.05) is 25.3 Å². The topological polar surface area (TPSA) is 101 Å². The highest BCUT2D eigenvalue weighted by Crippen LogP contribution is 2.45. The molecule has 1 aromatic rings. The van der Waals surface area contributed by atoms with Crippen LogP contribution in [0.3, 0.4) is 0 Å². The Bertz CT molecular complexity index is 660. The molecule has 0 amide bonds. The zero-order valence-corrected chi connectivity index (χ0v) is 14.1. The number of nitrogens with two attached hydrogens (primary N) is 2. The van der Waals surface area contributed by atoms with E-state index in [1.54, 1.807) is 13.2 Å². The largest absolute Gasteiger partial charge is 0.304 e. The third kappa shape index (κ3) is 2.76. The van der Waals surface area contributed by atoms with Gasteiger partial charge in [0, 0.05) is 22.7 Å². The molecule has 1 aliphatic carbocycles. The molecule has 1 heterocycles. The second-order valence-electron chi connectivity index (χ2n) is 5.35. The van der Waals surface area contributed by atoms with E-state index in [1.165, 1.54) is 0 Å². The molecule has 116 valence electrons. The molecule has 6 N–H and O–H groups in total. The SMILES string of the molecule is CNC(N)=S(N)(S)=C(C)C(=N)C1(c2cccnc2)CCC1. The van der Waals surface area contributed by atoms with Crippen LogP contribution in [-0.2, 0) is 5.41 Å². The molecule has 5 nitrogen and oxygen atoms in total. The normalized spacial score (nSPS) is 19.3. The first-order valence-electron chi connectivity index (χ1n) is 6.83. The Hall–Kier alpha value is -0.860. The average molecular weight is 326 g/mol. The van der Waals surface area contributed by atoms with Crippen LogP contribution < -0.4 is 16.2 Å². The molecule has 2 rings (SSSR count). The molecule has 1 aromatic heterocycles. The first-order valence-corrected chi connectivity index (χ1v) is 9.58. The van der Waals surface area contributed by atoms with Gasteiger partial charge >= 0.3 is 0 Å². The number of rotatable bonds is 3. The summed E-state index contributed by atoms with van der Waals surface area (Å²) in [5.41, 5.74) is 7.27. The minimum atomic E-state index is -2.11. The van der Waals surface area contributed by atoms with Crippen LogP contribution in [0.2, 0.25) is 0 Å². The van der Waals surface area contributed by atoms with Crippen molar-refractivity contribution >= 4 is 35.8 Å². The lowest BCUT2D eigenvalue weighted by Crippen LogP contribution is -2.46. The molecule has 1 unspecified atom stereocenters. The monoisotopic (exact) mass is 325 g/mol. The second kappa shape index (κ2) is 6.10. The average Bonchev–Trinajstić information content (AvgIpc) is 2.45. The summed E-state index contributed by atoms with van der Waals surface area (Å²) in [6.07, 6.45) is 6.59. The number of thiol groups is 1. The van der Waals surface area contributed by atoms with Gasteiger partial charge in [-0.2, -0.15) is 0 Å². The summed E-state index contributed by atoms with van der Waals surface area (Å²) in [7, 11) is -0.387. The smallest absolute Gasteiger partial charge is 0.0973 e. The fraction of sp³-hybridized carbons (Fsp3) is 0.429. The number of nitrogens with one attached hydrogen (secondary N) is 2. The lowest BCUT2D eigenvalue weighted by molar-refractivity contribution is 0.341. The molecule has 0 spiro atoms. The molecule has 1 aliphatic rings. The number of hydrogen-bond acceptors (Lipinski definition) is 4. The highest BCUT2D eigenvalue weighted by Gasteiger charge is 2.43. The predicted molar refractivity (Wildman–Crippen MR) is 97.2 cm³/mol. The highest BCUT2D eigenvalue weighted by atomic mass is 33.1. The van der Waals surface area contributed by atoms with Gasteiger partial charge in [-0.05, 0) is 38.4 Å². The van der Waals surface area contributed by atoms with Crippen molar-refractivity contribution in [2.45, 2.75) is 31.6 Å². The van der Waals surface area contributed by atoms with E-state index in [0.717, 1.165) is 29.7 Å². The Kier molecular flexibility index (Phi) is 4.79. The van der Waals surface area contributed by atoms with Gasteiger partial charge in [0.05, 0.1) is 10.8 Å². The summed E-state index contributed by atoms with van der Waals surface area (Å²) in [5, 5.41) is 18.3. The van der Waals surface area contributed by atoms with E-state index < -0.39 is 8.42 Å². The van der Waals surface area contributed by atoms with Crippen LogP contribution >= 0.6 is 20.1 Å². The summed E-state index contributed by atoms with van der Waals surface area (Å²) < 4.78 is 0. The maximum absolute atomic E-state index is 8.69. The van der Waals surface area contributed by atoms with Gasteiger partial charge in [-0.3, -0.25) is 21.2 Å². The first kappa shape index (κ1) is 16.5. The Morgan fingerprint density at radius 1 is 1.52 bits per heavy atom. The second-order valence-corrected chi connectivity index (χ2v) is 9.38. The minimum absolute atomic E-state index is 0.285. The third-order valence-corrected chi connectivity index (χ3v) is 7.72. The van der Waals surface area contributed by atoms with E-state index in [2.05, 4.69) is 22.0 Å². The summed E-state index contributed by atoms with van der Waals surface area (Å²) >= 11 is 4.55. The number of hydrogen-bond donors (Lipinski definition) is 5. The van der Waals surface area contributed by atoms with Crippen molar-refractivity contribution in [1.82, 2.24) is 10.3 Å². The molecule has 0 saturated heterocycles. The Balaban J connectivity index is 2.56. The lowest BCUT2D eigenvalue weighted by atomic mass is 9.61. The molecule has 0 bridgehead atoms. The van der Waals surface area contributed by atoms with Crippen LogP contribution in [0.5, 0.6) is 0 Å². The van der Waals surface area contributed by atoms with E-state index >= 15 is 0 Å². The molecule has 1 atom stereocenters. The molecular weight excluding hydrogens is 302 g/mol. The van der Waals surface area contributed by atoms with Crippen molar-refractivity contribution in [3.05, 3.63) is 30.1 Å². The molecule has 21 heavy (non-hydrogen) atoms. The van der Waals surface area contributed by atoms with Gasteiger partial charge in [0.2, 0.25) is 0 Å².